The number of aromatic nitrogens is 2. The van der Waals surface area contributed by atoms with Gasteiger partial charge >= 0.3 is 12.1 Å². The second-order valence-electron chi connectivity index (χ2n) is 11.2. The van der Waals surface area contributed by atoms with Crippen molar-refractivity contribution in [2.45, 2.75) is 65.3 Å². The summed E-state index contributed by atoms with van der Waals surface area (Å²) >= 11 is 0. The molecule has 1 aromatic heterocycles. The molecule has 4 rings (SSSR count). The summed E-state index contributed by atoms with van der Waals surface area (Å²) in [6, 6.07) is 4.07. The number of hydrogen-bond donors (Lipinski definition) is 2. The van der Waals surface area contributed by atoms with Gasteiger partial charge < -0.3 is 24.4 Å². The summed E-state index contributed by atoms with van der Waals surface area (Å²) in [5.41, 5.74) is 3.93. The first-order valence-corrected chi connectivity index (χ1v) is 13.9. The van der Waals surface area contributed by atoms with Crippen molar-refractivity contribution in [3.05, 3.63) is 47.2 Å². The lowest BCUT2D eigenvalue weighted by Crippen LogP contribution is -2.48. The number of aromatic amines is 1. The molecule has 2 N–H and O–H groups in total. The third-order valence-electron chi connectivity index (χ3n) is 7.95. The molecule has 0 aliphatic carbocycles. The van der Waals surface area contributed by atoms with Crippen LogP contribution in [-0.2, 0) is 14.3 Å². The Morgan fingerprint density at radius 1 is 1.18 bits per heavy atom. The number of H-pyrrole nitrogens is 1. The molecule has 2 aliphatic rings. The first-order valence-electron chi connectivity index (χ1n) is 13.9. The van der Waals surface area contributed by atoms with Crippen LogP contribution in [0.1, 0.15) is 51.2 Å². The summed E-state index contributed by atoms with van der Waals surface area (Å²) in [6.45, 7) is 10.9. The highest BCUT2D eigenvalue weighted by Gasteiger charge is 2.29. The van der Waals surface area contributed by atoms with Gasteiger partial charge in [0.05, 0.1) is 24.2 Å². The Bertz CT molecular complexity index is 1210. The van der Waals surface area contributed by atoms with Gasteiger partial charge in [0.2, 0.25) is 0 Å². The highest BCUT2D eigenvalue weighted by molar-refractivity contribution is 5.90. The molecular weight excluding hydrogens is 496 g/mol. The van der Waals surface area contributed by atoms with E-state index >= 15 is 0 Å². The lowest BCUT2D eigenvalue weighted by molar-refractivity contribution is -0.151. The number of aliphatic hydroxyl groups is 1. The molecular formula is C30H42N4O5. The Labute approximate surface area is 230 Å². The van der Waals surface area contributed by atoms with Gasteiger partial charge in [-0.05, 0) is 62.4 Å². The number of esters is 1. The van der Waals surface area contributed by atoms with Gasteiger partial charge in [0.25, 0.3) is 0 Å². The zero-order valence-corrected chi connectivity index (χ0v) is 23.7. The van der Waals surface area contributed by atoms with Crippen molar-refractivity contribution in [1.29, 1.82) is 0 Å². The standard InChI is InChI=1S/C30H42N4O5/c1-19-7-10-24(35)17-27(36)39-29(22(4)16-23-9-6-20(2)28-25(23)18-31-32-28)21(3)8-11-26(19)38-30(37)34-14-12-33(5)13-15-34/h6,8-9,11,16,18-19,21,24,26,29,35H,7,10,12-15,17H2,1-5H3,(H,31,32)/b11-8-,22-16+/t19-,21-,24+,26-,29-/m0/s1. The van der Waals surface area contributed by atoms with E-state index in [-0.39, 0.29) is 24.3 Å². The molecule has 1 aromatic carbocycles. The Morgan fingerprint density at radius 2 is 1.92 bits per heavy atom. The van der Waals surface area contributed by atoms with E-state index in [9.17, 15) is 14.7 Å². The molecule has 0 saturated carbocycles. The van der Waals surface area contributed by atoms with Crippen molar-refractivity contribution in [3.8, 4) is 0 Å². The molecule has 5 atom stereocenters. The minimum absolute atomic E-state index is 0.0213. The fourth-order valence-corrected chi connectivity index (χ4v) is 5.28. The first-order chi connectivity index (χ1) is 18.6. The normalized spacial score (nSPS) is 28.9. The maximum absolute atomic E-state index is 13.0. The number of likely N-dealkylation sites (N-methyl/N-ethyl adjacent to an activating group) is 1. The highest BCUT2D eigenvalue weighted by atomic mass is 16.6. The van der Waals surface area contributed by atoms with E-state index in [2.05, 4.69) is 15.1 Å². The van der Waals surface area contributed by atoms with Crippen LogP contribution < -0.4 is 0 Å². The number of hydrogen-bond acceptors (Lipinski definition) is 7. The summed E-state index contributed by atoms with van der Waals surface area (Å²) in [7, 11) is 2.04. The molecule has 9 heteroatoms. The van der Waals surface area contributed by atoms with E-state index in [0.717, 1.165) is 40.7 Å². The number of aryl methyl sites for hydroxylation is 1. The van der Waals surface area contributed by atoms with Crippen LogP contribution in [0, 0.1) is 18.8 Å². The van der Waals surface area contributed by atoms with Crippen LogP contribution in [0.5, 0.6) is 0 Å². The Balaban J connectivity index is 1.59. The lowest BCUT2D eigenvalue weighted by Gasteiger charge is -2.33. The van der Waals surface area contributed by atoms with Gasteiger partial charge in [0.1, 0.15) is 12.2 Å². The van der Waals surface area contributed by atoms with Gasteiger partial charge in [0.15, 0.2) is 0 Å². The van der Waals surface area contributed by atoms with Crippen LogP contribution in [0.15, 0.2) is 36.1 Å². The van der Waals surface area contributed by atoms with E-state index in [1.807, 2.05) is 65.1 Å². The maximum Gasteiger partial charge on any atom is 0.410 e. The third-order valence-corrected chi connectivity index (χ3v) is 7.95. The molecule has 0 bridgehead atoms. The Kier molecular flexibility index (Phi) is 9.45. The second-order valence-corrected chi connectivity index (χ2v) is 11.2. The van der Waals surface area contributed by atoms with E-state index < -0.39 is 24.3 Å². The number of amides is 1. The topological polar surface area (TPSA) is 108 Å². The molecule has 0 radical (unpaired) electrons. The number of fused-ring (bicyclic) bond motifs is 1. The van der Waals surface area contributed by atoms with Crippen LogP contribution in [0.4, 0.5) is 4.79 Å². The van der Waals surface area contributed by atoms with Crippen molar-refractivity contribution in [3.63, 3.8) is 0 Å². The van der Waals surface area contributed by atoms with Crippen LogP contribution in [0.25, 0.3) is 17.0 Å². The molecule has 39 heavy (non-hydrogen) atoms. The summed E-state index contributed by atoms with van der Waals surface area (Å²) in [6.07, 6.45) is 6.56. The highest BCUT2D eigenvalue weighted by Crippen LogP contribution is 2.28. The van der Waals surface area contributed by atoms with Crippen LogP contribution in [0.3, 0.4) is 0 Å². The zero-order valence-electron chi connectivity index (χ0n) is 23.7. The van der Waals surface area contributed by atoms with Crippen LogP contribution >= 0.6 is 0 Å². The largest absolute Gasteiger partial charge is 0.457 e. The number of nitrogens with one attached hydrogen (secondary N) is 1. The van der Waals surface area contributed by atoms with Crippen molar-refractivity contribution < 1.29 is 24.2 Å². The zero-order chi connectivity index (χ0) is 28.1. The fraction of sp³-hybridized carbons (Fsp3) is 0.567. The third kappa shape index (κ3) is 7.28. The summed E-state index contributed by atoms with van der Waals surface area (Å²) < 4.78 is 11.9. The molecule has 9 nitrogen and oxygen atoms in total. The van der Waals surface area contributed by atoms with Gasteiger partial charge in [-0.1, -0.05) is 38.1 Å². The molecule has 1 fully saturated rings. The number of nitrogens with zero attached hydrogens (tertiary/aromatic N) is 3. The quantitative estimate of drug-likeness (QED) is 0.443. The van der Waals surface area contributed by atoms with Gasteiger partial charge in [-0.2, -0.15) is 5.10 Å². The lowest BCUT2D eigenvalue weighted by atomic mass is 9.91. The summed E-state index contributed by atoms with van der Waals surface area (Å²) in [5, 5.41) is 18.8. The van der Waals surface area contributed by atoms with Gasteiger partial charge in [-0.15, -0.1) is 0 Å². The average Bonchev–Trinajstić information content (AvgIpc) is 3.40. The first kappa shape index (κ1) is 28.8. The number of ether oxygens (including phenoxy) is 2. The Hall–Kier alpha value is -3.17. The summed E-state index contributed by atoms with van der Waals surface area (Å²) in [5.74, 6) is -0.639. The van der Waals surface area contributed by atoms with Crippen molar-refractivity contribution in [2.24, 2.45) is 11.8 Å². The number of carbonyl (C=O) groups excluding carboxylic acids is 2. The van der Waals surface area contributed by atoms with Crippen LogP contribution in [-0.4, -0.2) is 88.7 Å². The average molecular weight is 539 g/mol. The van der Waals surface area contributed by atoms with Crippen LogP contribution in [0.2, 0.25) is 0 Å². The van der Waals surface area contributed by atoms with E-state index in [1.54, 1.807) is 11.1 Å². The minimum atomic E-state index is -0.819. The fourth-order valence-electron chi connectivity index (χ4n) is 5.28. The Morgan fingerprint density at radius 3 is 2.67 bits per heavy atom. The smallest absolute Gasteiger partial charge is 0.410 e. The molecule has 212 valence electrons. The number of cyclic esters (lactones) is 1. The van der Waals surface area contributed by atoms with Crippen molar-refractivity contribution in [2.75, 3.05) is 33.2 Å². The number of rotatable bonds is 3. The predicted molar refractivity (Wildman–Crippen MR) is 151 cm³/mol. The van der Waals surface area contributed by atoms with Crippen molar-refractivity contribution >= 4 is 29.0 Å². The van der Waals surface area contributed by atoms with E-state index in [0.29, 0.717) is 25.9 Å². The monoisotopic (exact) mass is 538 g/mol. The van der Waals surface area contributed by atoms with Gasteiger partial charge in [-0.3, -0.25) is 9.89 Å². The number of piperazine rings is 1. The SMILES string of the molecule is C/C(=C\c1ccc(C)c2[nH]ncc12)[C@H]1OC(=O)C[C@H](O)CC[C@H](C)[C@@H](OC(=O)N2CCN(C)CC2)/C=C\[C@@H]1C. The molecule has 2 aromatic rings. The van der Waals surface area contributed by atoms with E-state index in [4.69, 9.17) is 9.47 Å². The predicted octanol–water partition coefficient (Wildman–Crippen LogP) is 4.31. The number of benzene rings is 1. The van der Waals surface area contributed by atoms with E-state index in [1.165, 1.54) is 0 Å². The molecule has 1 amide bonds. The minimum Gasteiger partial charge on any atom is -0.457 e. The van der Waals surface area contributed by atoms with Gasteiger partial charge in [-0.25, -0.2) is 4.79 Å². The molecule has 2 aliphatic heterocycles. The summed E-state index contributed by atoms with van der Waals surface area (Å²) in [4.78, 5) is 29.7. The molecule has 0 unspecified atom stereocenters. The second kappa shape index (κ2) is 12.8. The molecule has 3 heterocycles. The molecule has 0 spiro atoms. The van der Waals surface area contributed by atoms with Crippen molar-refractivity contribution in [1.82, 2.24) is 20.0 Å². The molecule has 1 saturated heterocycles. The number of aliphatic hydroxyl groups excluding tert-OH is 1. The maximum atomic E-state index is 13.0. The number of carbonyl (C=O) groups is 2. The van der Waals surface area contributed by atoms with Gasteiger partial charge in [0, 0.05) is 37.5 Å².